The molecule has 0 aliphatic carbocycles. The first kappa shape index (κ1) is 14.6. The van der Waals surface area contributed by atoms with Crippen LogP contribution in [0.1, 0.15) is 6.92 Å². The number of hydrogen-bond acceptors (Lipinski definition) is 4. The fourth-order valence-electron chi connectivity index (χ4n) is 0.881. The van der Waals surface area contributed by atoms with E-state index in [2.05, 4.69) is 15.9 Å². The zero-order chi connectivity index (χ0) is 11.7. The third-order valence-corrected chi connectivity index (χ3v) is 2.44. The number of carbonyl (C=O) groups is 1. The Morgan fingerprint density at radius 1 is 1.40 bits per heavy atom. The van der Waals surface area contributed by atoms with Crippen LogP contribution in [0.4, 0.5) is 0 Å². The molecule has 0 heterocycles. The summed E-state index contributed by atoms with van der Waals surface area (Å²) in [5.74, 6) is -0.326. The summed E-state index contributed by atoms with van der Waals surface area (Å²) in [5.41, 5.74) is 0.599. The topological polar surface area (TPSA) is 44.8 Å². The van der Waals surface area contributed by atoms with Crippen LogP contribution in [0, 0.1) is 0 Å². The van der Waals surface area contributed by atoms with Crippen LogP contribution in [-0.2, 0) is 19.0 Å². The van der Waals surface area contributed by atoms with Crippen LogP contribution >= 0.6 is 15.9 Å². The van der Waals surface area contributed by atoms with E-state index in [-0.39, 0.29) is 18.7 Å². The van der Waals surface area contributed by atoms with Crippen LogP contribution in [0.2, 0.25) is 0 Å². The van der Waals surface area contributed by atoms with Gasteiger partial charge in [0.25, 0.3) is 0 Å². The summed E-state index contributed by atoms with van der Waals surface area (Å²) in [6, 6.07) is 0. The molecule has 0 spiro atoms. The fraction of sp³-hybridized carbons (Fsp3) is 0.700. The number of alkyl halides is 1. The number of esters is 1. The maximum Gasteiger partial charge on any atom is 0.334 e. The SMILES string of the molecule is C/C=C(\CBr)C(=O)OCC(COC)OC. The first-order valence-electron chi connectivity index (χ1n) is 4.59. The lowest BCUT2D eigenvalue weighted by Crippen LogP contribution is -2.26. The molecular weight excluding hydrogens is 264 g/mol. The van der Waals surface area contributed by atoms with Gasteiger partial charge >= 0.3 is 5.97 Å². The summed E-state index contributed by atoms with van der Waals surface area (Å²) in [6.45, 7) is 2.40. The molecule has 0 aliphatic heterocycles. The lowest BCUT2D eigenvalue weighted by atomic mass is 10.3. The summed E-state index contributed by atoms with van der Waals surface area (Å²) in [7, 11) is 3.13. The van der Waals surface area contributed by atoms with E-state index in [9.17, 15) is 4.79 Å². The van der Waals surface area contributed by atoms with Gasteiger partial charge in [0.15, 0.2) is 0 Å². The predicted molar refractivity (Wildman–Crippen MR) is 61.2 cm³/mol. The van der Waals surface area contributed by atoms with Crippen molar-refractivity contribution in [2.45, 2.75) is 13.0 Å². The van der Waals surface area contributed by atoms with E-state index in [1.807, 2.05) is 0 Å². The van der Waals surface area contributed by atoms with Crippen LogP contribution in [-0.4, -0.2) is 44.8 Å². The van der Waals surface area contributed by atoms with Crippen molar-refractivity contribution in [1.29, 1.82) is 0 Å². The van der Waals surface area contributed by atoms with E-state index in [1.165, 1.54) is 0 Å². The van der Waals surface area contributed by atoms with Gasteiger partial charge in [0, 0.05) is 25.1 Å². The third-order valence-electron chi connectivity index (χ3n) is 1.84. The van der Waals surface area contributed by atoms with Gasteiger partial charge in [-0.15, -0.1) is 0 Å². The van der Waals surface area contributed by atoms with Gasteiger partial charge in [-0.3, -0.25) is 0 Å². The van der Waals surface area contributed by atoms with Crippen molar-refractivity contribution < 1.29 is 19.0 Å². The van der Waals surface area contributed by atoms with Gasteiger partial charge in [-0.2, -0.15) is 0 Å². The minimum Gasteiger partial charge on any atom is -0.459 e. The molecule has 0 saturated carbocycles. The minimum absolute atomic E-state index is 0.202. The number of hydrogen-bond donors (Lipinski definition) is 0. The maximum atomic E-state index is 11.4. The van der Waals surface area contributed by atoms with Gasteiger partial charge in [-0.1, -0.05) is 22.0 Å². The number of halogens is 1. The Morgan fingerprint density at radius 2 is 2.07 bits per heavy atom. The van der Waals surface area contributed by atoms with Crippen molar-refractivity contribution in [3.8, 4) is 0 Å². The van der Waals surface area contributed by atoms with E-state index in [1.54, 1.807) is 27.2 Å². The van der Waals surface area contributed by atoms with Gasteiger partial charge < -0.3 is 14.2 Å². The zero-order valence-corrected chi connectivity index (χ0v) is 10.9. The Kier molecular flexibility index (Phi) is 8.65. The highest BCUT2D eigenvalue weighted by molar-refractivity contribution is 9.09. The molecule has 5 heteroatoms. The average Bonchev–Trinajstić information content (AvgIpc) is 2.25. The Hall–Kier alpha value is -0.390. The van der Waals surface area contributed by atoms with Gasteiger partial charge in [0.05, 0.1) is 6.61 Å². The monoisotopic (exact) mass is 280 g/mol. The Morgan fingerprint density at radius 3 is 2.47 bits per heavy atom. The molecular formula is C10H17BrO4. The normalized spacial score (nSPS) is 13.7. The molecule has 0 amide bonds. The lowest BCUT2D eigenvalue weighted by Gasteiger charge is -2.14. The molecule has 0 aliphatic rings. The first-order valence-corrected chi connectivity index (χ1v) is 5.71. The number of carbonyl (C=O) groups excluding carboxylic acids is 1. The van der Waals surface area contributed by atoms with E-state index < -0.39 is 0 Å². The second kappa shape index (κ2) is 8.88. The minimum atomic E-state index is -0.326. The fourth-order valence-corrected chi connectivity index (χ4v) is 1.43. The summed E-state index contributed by atoms with van der Waals surface area (Å²) in [6.07, 6.45) is 1.50. The molecule has 0 bridgehead atoms. The van der Waals surface area contributed by atoms with Crippen molar-refractivity contribution in [3.05, 3.63) is 11.6 Å². The summed E-state index contributed by atoms with van der Waals surface area (Å²) >= 11 is 3.21. The number of rotatable bonds is 7. The summed E-state index contributed by atoms with van der Waals surface area (Å²) < 4.78 is 15.0. The highest BCUT2D eigenvalue weighted by atomic mass is 79.9. The molecule has 0 radical (unpaired) electrons. The Bertz CT molecular complexity index is 215. The van der Waals surface area contributed by atoms with Crippen LogP contribution in [0.5, 0.6) is 0 Å². The molecule has 15 heavy (non-hydrogen) atoms. The first-order chi connectivity index (χ1) is 7.19. The van der Waals surface area contributed by atoms with E-state index in [0.717, 1.165) is 0 Å². The number of methoxy groups -OCH3 is 2. The molecule has 1 unspecified atom stereocenters. The molecule has 4 nitrogen and oxygen atoms in total. The van der Waals surface area contributed by atoms with Crippen molar-refractivity contribution in [3.63, 3.8) is 0 Å². The van der Waals surface area contributed by atoms with Crippen LogP contribution in [0.25, 0.3) is 0 Å². The Balaban J connectivity index is 3.97. The molecule has 0 saturated heterocycles. The quantitative estimate of drug-likeness (QED) is 0.403. The standard InChI is InChI=1S/C10H17BrO4/c1-4-8(5-11)10(12)15-7-9(14-3)6-13-2/h4,9H,5-7H2,1-3H3/b8-4+. The molecule has 0 fully saturated rings. The molecule has 0 rings (SSSR count). The molecule has 0 aromatic carbocycles. The van der Waals surface area contributed by atoms with Crippen LogP contribution < -0.4 is 0 Å². The van der Waals surface area contributed by atoms with E-state index in [0.29, 0.717) is 17.5 Å². The summed E-state index contributed by atoms with van der Waals surface area (Å²) in [5, 5.41) is 0.490. The lowest BCUT2D eigenvalue weighted by molar-refractivity contribution is -0.143. The second-order valence-electron chi connectivity index (χ2n) is 2.86. The predicted octanol–water partition coefficient (Wildman–Crippen LogP) is 1.53. The third kappa shape index (κ3) is 5.92. The number of ether oxygens (including phenoxy) is 3. The van der Waals surface area contributed by atoms with Crippen LogP contribution in [0.15, 0.2) is 11.6 Å². The second-order valence-corrected chi connectivity index (χ2v) is 3.42. The maximum absolute atomic E-state index is 11.4. The van der Waals surface area contributed by atoms with Gasteiger partial charge in [-0.05, 0) is 6.92 Å². The van der Waals surface area contributed by atoms with Crippen molar-refractivity contribution in [1.82, 2.24) is 0 Å². The van der Waals surface area contributed by atoms with Gasteiger partial charge in [-0.25, -0.2) is 4.79 Å². The van der Waals surface area contributed by atoms with Crippen molar-refractivity contribution in [2.24, 2.45) is 0 Å². The van der Waals surface area contributed by atoms with E-state index >= 15 is 0 Å². The molecule has 0 N–H and O–H groups in total. The highest BCUT2D eigenvalue weighted by Crippen LogP contribution is 2.03. The Labute approximate surface area is 98.7 Å². The summed E-state index contributed by atoms with van der Waals surface area (Å²) in [4.78, 5) is 11.4. The smallest absolute Gasteiger partial charge is 0.334 e. The zero-order valence-electron chi connectivity index (χ0n) is 9.29. The molecule has 0 aromatic rings. The van der Waals surface area contributed by atoms with Crippen molar-refractivity contribution in [2.75, 3.05) is 32.8 Å². The molecule has 1 atom stereocenters. The van der Waals surface area contributed by atoms with E-state index in [4.69, 9.17) is 14.2 Å². The highest BCUT2D eigenvalue weighted by Gasteiger charge is 2.13. The molecule has 0 aromatic heterocycles. The number of allylic oxidation sites excluding steroid dienone is 1. The van der Waals surface area contributed by atoms with Gasteiger partial charge in [0.2, 0.25) is 0 Å². The van der Waals surface area contributed by atoms with Gasteiger partial charge in [0.1, 0.15) is 12.7 Å². The molecule has 88 valence electrons. The average molecular weight is 281 g/mol. The largest absolute Gasteiger partial charge is 0.459 e. The van der Waals surface area contributed by atoms with Crippen LogP contribution in [0.3, 0.4) is 0 Å². The van der Waals surface area contributed by atoms with Crippen molar-refractivity contribution >= 4 is 21.9 Å².